The highest BCUT2D eigenvalue weighted by Crippen LogP contribution is 2.12. The van der Waals surface area contributed by atoms with Gasteiger partial charge in [-0.3, -0.25) is 0 Å². The predicted molar refractivity (Wildman–Crippen MR) is 65.8 cm³/mol. The summed E-state index contributed by atoms with van der Waals surface area (Å²) in [7, 11) is 0. The van der Waals surface area contributed by atoms with E-state index in [1.807, 2.05) is 30.3 Å². The zero-order valence-corrected chi connectivity index (χ0v) is 10.1. The molecule has 0 radical (unpaired) electrons. The van der Waals surface area contributed by atoms with Crippen molar-refractivity contribution in [3.63, 3.8) is 0 Å². The van der Waals surface area contributed by atoms with Crippen LogP contribution in [0.5, 0.6) is 0 Å². The van der Waals surface area contributed by atoms with E-state index in [2.05, 4.69) is 10.0 Å². The van der Waals surface area contributed by atoms with E-state index in [4.69, 9.17) is 15.4 Å². The summed E-state index contributed by atoms with van der Waals surface area (Å²) in [5, 5.41) is 12.4. The molecule has 0 saturated carbocycles. The van der Waals surface area contributed by atoms with Gasteiger partial charge in [-0.05, 0) is 17.0 Å². The minimum Gasteiger partial charge on any atom is -0.479 e. The first-order valence-electron chi connectivity index (χ1n) is 5.54. The molecule has 0 amide bonds. The highest BCUT2D eigenvalue weighted by Gasteiger charge is 2.24. The normalized spacial score (nSPS) is 13.4. The van der Waals surface area contributed by atoms with E-state index in [9.17, 15) is 4.79 Å². The maximum atomic E-state index is 11.1. The summed E-state index contributed by atoms with van der Waals surface area (Å²) in [4.78, 5) is 13.7. The molecule has 1 unspecified atom stereocenters. The smallest absolute Gasteiger partial charge is 0.333 e. The van der Waals surface area contributed by atoms with Crippen molar-refractivity contribution in [2.75, 3.05) is 6.54 Å². The lowest BCUT2D eigenvalue weighted by atomic mass is 10.1. The first kappa shape index (κ1) is 14.0. The minimum absolute atomic E-state index is 0.0995. The zero-order valence-electron chi connectivity index (χ0n) is 10.1. The third kappa shape index (κ3) is 4.45. The summed E-state index contributed by atoms with van der Waals surface area (Å²) in [5.41, 5.74) is 9.12. The summed E-state index contributed by atoms with van der Waals surface area (Å²) in [6, 6.07) is 9.31. The Kier molecular flexibility index (Phi) is 5.70. The summed E-state index contributed by atoms with van der Waals surface area (Å²) in [6.45, 7) is 2.00. The molecule has 0 aliphatic heterocycles. The maximum absolute atomic E-state index is 11.1. The van der Waals surface area contributed by atoms with Crippen LogP contribution in [0.4, 0.5) is 0 Å². The van der Waals surface area contributed by atoms with Crippen LogP contribution >= 0.6 is 0 Å². The lowest BCUT2D eigenvalue weighted by Gasteiger charge is -2.19. The van der Waals surface area contributed by atoms with Crippen LogP contribution in [-0.4, -0.2) is 23.7 Å². The zero-order chi connectivity index (χ0) is 13.4. The third-order valence-corrected chi connectivity index (χ3v) is 2.47. The van der Waals surface area contributed by atoms with Gasteiger partial charge in [0.1, 0.15) is 0 Å². The Bertz CT molecular complexity index is 429. The van der Waals surface area contributed by atoms with Crippen LogP contribution < -0.4 is 0 Å². The monoisotopic (exact) mass is 249 g/mol. The molecule has 0 saturated heterocycles. The number of benzene rings is 1. The van der Waals surface area contributed by atoms with Crippen molar-refractivity contribution in [3.05, 3.63) is 46.3 Å². The second kappa shape index (κ2) is 7.32. The van der Waals surface area contributed by atoms with Crippen molar-refractivity contribution < 1.29 is 14.6 Å². The Morgan fingerprint density at radius 3 is 2.72 bits per heavy atom. The lowest BCUT2D eigenvalue weighted by Crippen LogP contribution is -2.32. The van der Waals surface area contributed by atoms with E-state index in [1.54, 1.807) is 6.92 Å². The van der Waals surface area contributed by atoms with E-state index < -0.39 is 12.1 Å². The van der Waals surface area contributed by atoms with Gasteiger partial charge in [-0.1, -0.05) is 42.4 Å². The van der Waals surface area contributed by atoms with Crippen LogP contribution in [0.3, 0.4) is 0 Å². The SMILES string of the molecule is C[C@H](CN=[N+]=[N-])C(OCc1ccccc1)C(=O)O. The Morgan fingerprint density at radius 2 is 2.17 bits per heavy atom. The number of carbonyl (C=O) groups is 1. The van der Waals surface area contributed by atoms with E-state index >= 15 is 0 Å². The van der Waals surface area contributed by atoms with Crippen LogP contribution in [0, 0.1) is 5.92 Å². The fraction of sp³-hybridized carbons (Fsp3) is 0.417. The van der Waals surface area contributed by atoms with Gasteiger partial charge < -0.3 is 9.84 Å². The van der Waals surface area contributed by atoms with Crippen molar-refractivity contribution in [1.82, 2.24) is 0 Å². The van der Waals surface area contributed by atoms with Crippen LogP contribution in [-0.2, 0) is 16.1 Å². The average molecular weight is 249 g/mol. The topological polar surface area (TPSA) is 95.3 Å². The molecule has 6 heteroatoms. The van der Waals surface area contributed by atoms with Crippen molar-refractivity contribution in [1.29, 1.82) is 0 Å². The van der Waals surface area contributed by atoms with E-state index in [1.165, 1.54) is 0 Å². The van der Waals surface area contributed by atoms with Gasteiger partial charge in [0.25, 0.3) is 0 Å². The van der Waals surface area contributed by atoms with Crippen LogP contribution in [0.1, 0.15) is 12.5 Å². The predicted octanol–water partition coefficient (Wildman–Crippen LogP) is 2.60. The van der Waals surface area contributed by atoms with E-state index in [-0.39, 0.29) is 19.1 Å². The first-order chi connectivity index (χ1) is 8.65. The second-order valence-electron chi connectivity index (χ2n) is 3.95. The fourth-order valence-corrected chi connectivity index (χ4v) is 1.50. The standard InChI is InChI=1S/C12H15N3O3/c1-9(7-14-15-13)11(12(16)17)18-8-10-5-3-2-4-6-10/h2-6,9,11H,7-8H2,1H3,(H,16,17)/t9-,11?/m1/s1. The van der Waals surface area contributed by atoms with Crippen molar-refractivity contribution in [2.24, 2.45) is 11.0 Å². The molecule has 6 nitrogen and oxygen atoms in total. The number of hydrogen-bond donors (Lipinski definition) is 1. The van der Waals surface area contributed by atoms with Crippen molar-refractivity contribution in [2.45, 2.75) is 19.6 Å². The number of rotatable bonds is 7. The largest absolute Gasteiger partial charge is 0.479 e. The Labute approximate surface area is 105 Å². The van der Waals surface area contributed by atoms with Crippen molar-refractivity contribution in [3.8, 4) is 0 Å². The molecule has 0 aromatic heterocycles. The molecule has 1 aromatic rings. The van der Waals surface area contributed by atoms with Gasteiger partial charge in [0, 0.05) is 11.5 Å². The van der Waals surface area contributed by atoms with Gasteiger partial charge in [-0.15, -0.1) is 0 Å². The molecule has 0 bridgehead atoms. The van der Waals surface area contributed by atoms with E-state index in [0.717, 1.165) is 5.56 Å². The van der Waals surface area contributed by atoms with E-state index in [0.29, 0.717) is 0 Å². The molecular formula is C12H15N3O3. The molecule has 1 rings (SSSR count). The molecule has 0 spiro atoms. The summed E-state index contributed by atoms with van der Waals surface area (Å²) in [6.07, 6.45) is -0.976. The Balaban J connectivity index is 2.58. The molecule has 0 fully saturated rings. The maximum Gasteiger partial charge on any atom is 0.333 e. The number of ether oxygens (including phenoxy) is 1. The molecule has 96 valence electrons. The molecule has 2 atom stereocenters. The molecule has 1 aromatic carbocycles. The third-order valence-electron chi connectivity index (χ3n) is 2.47. The Hall–Kier alpha value is -2.04. The van der Waals surface area contributed by atoms with Gasteiger partial charge in [-0.25, -0.2) is 4.79 Å². The van der Waals surface area contributed by atoms with Crippen LogP contribution in [0.2, 0.25) is 0 Å². The van der Waals surface area contributed by atoms with Gasteiger partial charge in [-0.2, -0.15) is 0 Å². The number of nitrogens with zero attached hydrogens (tertiary/aromatic N) is 3. The number of carboxylic acids is 1. The molecule has 0 heterocycles. The highest BCUT2D eigenvalue weighted by atomic mass is 16.5. The highest BCUT2D eigenvalue weighted by molar-refractivity contribution is 5.72. The molecular weight excluding hydrogens is 234 g/mol. The van der Waals surface area contributed by atoms with Gasteiger partial charge in [0.2, 0.25) is 0 Å². The van der Waals surface area contributed by atoms with Crippen LogP contribution in [0.25, 0.3) is 10.4 Å². The summed E-state index contributed by atoms with van der Waals surface area (Å²) < 4.78 is 5.37. The molecule has 1 N–H and O–H groups in total. The number of carboxylic acid groups (broad SMARTS) is 1. The number of azide groups is 1. The molecule has 0 aliphatic rings. The Morgan fingerprint density at radius 1 is 1.50 bits per heavy atom. The summed E-state index contributed by atoms with van der Waals surface area (Å²) >= 11 is 0. The molecule has 18 heavy (non-hydrogen) atoms. The van der Waals surface area contributed by atoms with Gasteiger partial charge >= 0.3 is 5.97 Å². The first-order valence-corrected chi connectivity index (χ1v) is 5.54. The van der Waals surface area contributed by atoms with Gasteiger partial charge in [0.05, 0.1) is 6.61 Å². The number of aliphatic carboxylic acids is 1. The van der Waals surface area contributed by atoms with Crippen molar-refractivity contribution >= 4 is 5.97 Å². The second-order valence-corrected chi connectivity index (χ2v) is 3.95. The average Bonchev–Trinajstić information content (AvgIpc) is 2.37. The summed E-state index contributed by atoms with van der Waals surface area (Å²) in [5.74, 6) is -1.42. The quantitative estimate of drug-likeness (QED) is 0.457. The fourth-order valence-electron chi connectivity index (χ4n) is 1.50. The minimum atomic E-state index is -1.05. The number of hydrogen-bond acceptors (Lipinski definition) is 3. The van der Waals surface area contributed by atoms with Crippen LogP contribution in [0.15, 0.2) is 35.4 Å². The van der Waals surface area contributed by atoms with Gasteiger partial charge in [0.15, 0.2) is 6.10 Å². The molecule has 0 aliphatic carbocycles. The lowest BCUT2D eigenvalue weighted by molar-refractivity contribution is -0.154.